The molecule has 0 fully saturated rings. The van der Waals surface area contributed by atoms with Gasteiger partial charge in [-0.2, -0.15) is 0 Å². The van der Waals surface area contributed by atoms with E-state index in [0.717, 1.165) is 16.8 Å². The van der Waals surface area contributed by atoms with Gasteiger partial charge in [0.25, 0.3) is 0 Å². The van der Waals surface area contributed by atoms with Gasteiger partial charge in [-0.05, 0) is 30.5 Å². The van der Waals surface area contributed by atoms with Crippen molar-refractivity contribution < 1.29 is 14.1 Å². The number of fused-ring (bicyclic) bond motifs is 1. The van der Waals surface area contributed by atoms with Gasteiger partial charge in [0.1, 0.15) is 5.76 Å². The molecule has 1 aromatic carbocycles. The summed E-state index contributed by atoms with van der Waals surface area (Å²) in [6, 6.07) is 7.32. The van der Waals surface area contributed by atoms with Crippen LogP contribution in [0.3, 0.4) is 0 Å². The maximum Gasteiger partial charge on any atom is 0.230 e. The van der Waals surface area contributed by atoms with Crippen LogP contribution >= 0.6 is 0 Å². The average Bonchev–Trinajstić information content (AvgIpc) is 2.84. The van der Waals surface area contributed by atoms with E-state index in [2.05, 4.69) is 15.8 Å². The smallest absolute Gasteiger partial charge is 0.230 e. The van der Waals surface area contributed by atoms with Crippen LogP contribution in [0.5, 0.6) is 0 Å². The van der Waals surface area contributed by atoms with Gasteiger partial charge in [-0.15, -0.1) is 0 Å². The number of nitrogens with one attached hydrogen (secondary N) is 2. The molecule has 0 saturated carbocycles. The quantitative estimate of drug-likeness (QED) is 0.904. The van der Waals surface area contributed by atoms with Crippen molar-refractivity contribution >= 4 is 23.3 Å². The highest BCUT2D eigenvalue weighted by molar-refractivity contribution is 5.94. The van der Waals surface area contributed by atoms with E-state index in [1.165, 1.54) is 0 Å². The zero-order chi connectivity index (χ0) is 14.8. The van der Waals surface area contributed by atoms with Crippen LogP contribution in [-0.2, 0) is 22.4 Å². The lowest BCUT2D eigenvalue weighted by Gasteiger charge is -2.17. The number of hydrogen-bond donors (Lipinski definition) is 2. The number of amides is 2. The van der Waals surface area contributed by atoms with Gasteiger partial charge in [0.05, 0.1) is 6.42 Å². The number of hydrogen-bond acceptors (Lipinski definition) is 4. The summed E-state index contributed by atoms with van der Waals surface area (Å²) in [5.41, 5.74) is 2.81. The molecule has 1 aliphatic rings. The molecule has 6 nitrogen and oxygen atoms in total. The normalized spacial score (nSPS) is 13.5. The van der Waals surface area contributed by atoms with Gasteiger partial charge in [0.2, 0.25) is 11.8 Å². The molecule has 1 aliphatic heterocycles. The second-order valence-corrected chi connectivity index (χ2v) is 5.09. The maximum absolute atomic E-state index is 11.9. The van der Waals surface area contributed by atoms with Crippen LogP contribution in [0.25, 0.3) is 0 Å². The van der Waals surface area contributed by atoms with E-state index in [4.69, 9.17) is 4.52 Å². The number of rotatable bonds is 3. The number of aromatic nitrogens is 1. The average molecular weight is 285 g/mol. The lowest BCUT2D eigenvalue weighted by molar-refractivity contribution is -0.117. The van der Waals surface area contributed by atoms with E-state index >= 15 is 0 Å². The molecule has 0 radical (unpaired) electrons. The summed E-state index contributed by atoms with van der Waals surface area (Å²) in [5.74, 6) is 0.954. The molecule has 1 aromatic heterocycles. The van der Waals surface area contributed by atoms with Crippen molar-refractivity contribution in [3.05, 3.63) is 41.2 Å². The summed E-state index contributed by atoms with van der Waals surface area (Å²) >= 11 is 0. The predicted molar refractivity (Wildman–Crippen MR) is 77.0 cm³/mol. The van der Waals surface area contributed by atoms with Crippen molar-refractivity contribution in [3.63, 3.8) is 0 Å². The van der Waals surface area contributed by atoms with Gasteiger partial charge in [-0.3, -0.25) is 9.59 Å². The van der Waals surface area contributed by atoms with Crippen molar-refractivity contribution in [2.75, 3.05) is 10.6 Å². The number of aryl methyl sites for hydroxylation is 2. The molecule has 0 bridgehead atoms. The highest BCUT2D eigenvalue weighted by Gasteiger charge is 2.15. The molecule has 2 heterocycles. The van der Waals surface area contributed by atoms with E-state index in [0.29, 0.717) is 24.4 Å². The van der Waals surface area contributed by atoms with Crippen LogP contribution in [0.1, 0.15) is 23.3 Å². The van der Waals surface area contributed by atoms with Crippen LogP contribution in [0.2, 0.25) is 0 Å². The fraction of sp³-hybridized carbons (Fsp3) is 0.267. The lowest BCUT2D eigenvalue weighted by atomic mass is 9.99. The highest BCUT2D eigenvalue weighted by atomic mass is 16.5. The number of benzene rings is 1. The van der Waals surface area contributed by atoms with Gasteiger partial charge in [0.15, 0.2) is 5.82 Å². The van der Waals surface area contributed by atoms with Crippen molar-refractivity contribution in [2.45, 2.75) is 26.2 Å². The summed E-state index contributed by atoms with van der Waals surface area (Å²) in [7, 11) is 0. The summed E-state index contributed by atoms with van der Waals surface area (Å²) in [4.78, 5) is 23.3. The van der Waals surface area contributed by atoms with E-state index < -0.39 is 0 Å². The van der Waals surface area contributed by atoms with Gasteiger partial charge >= 0.3 is 0 Å². The lowest BCUT2D eigenvalue weighted by Crippen LogP contribution is -2.19. The largest absolute Gasteiger partial charge is 0.360 e. The fourth-order valence-electron chi connectivity index (χ4n) is 2.34. The van der Waals surface area contributed by atoms with Crippen molar-refractivity contribution in [2.24, 2.45) is 0 Å². The molecule has 21 heavy (non-hydrogen) atoms. The standard InChI is InChI=1S/C15H15N3O3/c1-9-6-13(18-21-9)17-15(20)8-10-2-4-12-11(7-10)3-5-14(19)16-12/h2,4,6-7H,3,5,8H2,1H3,(H,16,19)(H,17,18,20). The molecule has 108 valence electrons. The molecule has 2 aromatic rings. The van der Waals surface area contributed by atoms with E-state index in [9.17, 15) is 9.59 Å². The Morgan fingerprint density at radius 2 is 2.24 bits per heavy atom. The first-order chi connectivity index (χ1) is 10.1. The Kier molecular flexibility index (Phi) is 3.43. The minimum atomic E-state index is -0.150. The molecule has 2 amide bonds. The Morgan fingerprint density at radius 1 is 1.38 bits per heavy atom. The predicted octanol–water partition coefficient (Wildman–Crippen LogP) is 2.05. The summed E-state index contributed by atoms with van der Waals surface area (Å²) in [6.07, 6.45) is 1.45. The molecule has 0 aliphatic carbocycles. The Labute approximate surface area is 121 Å². The molecule has 2 N–H and O–H groups in total. The van der Waals surface area contributed by atoms with Gasteiger partial charge < -0.3 is 15.2 Å². The zero-order valence-electron chi connectivity index (χ0n) is 11.6. The Bertz CT molecular complexity index is 706. The molecule has 0 spiro atoms. The van der Waals surface area contributed by atoms with Crippen LogP contribution in [-0.4, -0.2) is 17.0 Å². The van der Waals surface area contributed by atoms with Crippen molar-refractivity contribution in [1.82, 2.24) is 5.16 Å². The second kappa shape index (κ2) is 5.40. The number of carbonyl (C=O) groups is 2. The molecule has 0 saturated heterocycles. The summed E-state index contributed by atoms with van der Waals surface area (Å²) in [5, 5.41) is 9.23. The Hall–Kier alpha value is -2.63. The van der Waals surface area contributed by atoms with Gasteiger partial charge in [-0.1, -0.05) is 17.3 Å². The van der Waals surface area contributed by atoms with Gasteiger partial charge in [-0.25, -0.2) is 0 Å². The third-order valence-corrected chi connectivity index (χ3v) is 3.33. The second-order valence-electron chi connectivity index (χ2n) is 5.09. The topological polar surface area (TPSA) is 84.2 Å². The monoisotopic (exact) mass is 285 g/mol. The minimum absolute atomic E-state index is 0.0365. The zero-order valence-corrected chi connectivity index (χ0v) is 11.6. The summed E-state index contributed by atoms with van der Waals surface area (Å²) in [6.45, 7) is 1.76. The van der Waals surface area contributed by atoms with E-state index in [1.54, 1.807) is 13.0 Å². The SMILES string of the molecule is Cc1cc(NC(=O)Cc2ccc3c(c2)CCC(=O)N3)no1. The molecular weight excluding hydrogens is 270 g/mol. The molecular formula is C15H15N3O3. The minimum Gasteiger partial charge on any atom is -0.360 e. The first-order valence-corrected chi connectivity index (χ1v) is 6.75. The molecule has 3 rings (SSSR count). The van der Waals surface area contributed by atoms with E-state index in [-0.39, 0.29) is 18.2 Å². The van der Waals surface area contributed by atoms with Crippen LogP contribution < -0.4 is 10.6 Å². The highest BCUT2D eigenvalue weighted by Crippen LogP contribution is 2.23. The number of anilines is 2. The fourth-order valence-corrected chi connectivity index (χ4v) is 2.34. The number of nitrogens with zero attached hydrogens (tertiary/aromatic N) is 1. The van der Waals surface area contributed by atoms with Crippen molar-refractivity contribution in [3.8, 4) is 0 Å². The Morgan fingerprint density at radius 3 is 3.00 bits per heavy atom. The molecule has 6 heteroatoms. The third kappa shape index (κ3) is 3.10. The van der Waals surface area contributed by atoms with E-state index in [1.807, 2.05) is 18.2 Å². The van der Waals surface area contributed by atoms with Crippen LogP contribution in [0.15, 0.2) is 28.8 Å². The summed E-state index contributed by atoms with van der Waals surface area (Å²) < 4.78 is 4.90. The van der Waals surface area contributed by atoms with Crippen molar-refractivity contribution in [1.29, 1.82) is 0 Å². The molecule has 0 unspecified atom stereocenters. The number of carbonyl (C=O) groups excluding carboxylic acids is 2. The maximum atomic E-state index is 11.9. The van der Waals surface area contributed by atoms with Crippen LogP contribution in [0, 0.1) is 6.92 Å². The first-order valence-electron chi connectivity index (χ1n) is 6.75. The van der Waals surface area contributed by atoms with Crippen LogP contribution in [0.4, 0.5) is 11.5 Å². The Balaban J connectivity index is 1.67. The first kappa shape index (κ1) is 13.4. The third-order valence-electron chi connectivity index (χ3n) is 3.33. The molecule has 0 atom stereocenters. The van der Waals surface area contributed by atoms with Gasteiger partial charge in [0, 0.05) is 18.2 Å².